The van der Waals surface area contributed by atoms with E-state index in [9.17, 15) is 9.59 Å². The number of aliphatic carboxylic acids is 2. The van der Waals surface area contributed by atoms with Gasteiger partial charge in [-0.3, -0.25) is 9.59 Å². The summed E-state index contributed by atoms with van der Waals surface area (Å²) in [5.74, 6) is -2.68. The summed E-state index contributed by atoms with van der Waals surface area (Å²) in [5.41, 5.74) is 0. The molecule has 8 nitrogen and oxygen atoms in total. The average molecular weight is 281 g/mol. The van der Waals surface area contributed by atoms with Crippen LogP contribution in [0.5, 0.6) is 0 Å². The second-order valence-corrected chi connectivity index (χ2v) is 3.49. The minimum atomic E-state index is -1.24. The highest BCUT2D eigenvalue weighted by Gasteiger charge is 2.18. The molecule has 0 bridgehead atoms. The van der Waals surface area contributed by atoms with Gasteiger partial charge in [0.25, 0.3) is 0 Å². The molecule has 0 saturated carbocycles. The van der Waals surface area contributed by atoms with Crippen LogP contribution in [0.25, 0.3) is 0 Å². The predicted octanol–water partition coefficient (Wildman–Crippen LogP) is 0.154. The summed E-state index contributed by atoms with van der Waals surface area (Å²) >= 11 is 11.0. The maximum Gasteiger partial charge on any atom is 0.323 e. The first kappa shape index (κ1) is 13.4. The highest BCUT2D eigenvalue weighted by Crippen LogP contribution is 2.13. The van der Waals surface area contributed by atoms with Crippen LogP contribution in [0.1, 0.15) is 0 Å². The molecule has 2 N–H and O–H groups in total. The van der Waals surface area contributed by atoms with Gasteiger partial charge >= 0.3 is 11.9 Å². The van der Waals surface area contributed by atoms with Crippen LogP contribution in [-0.2, 0) is 9.59 Å². The Morgan fingerprint density at radius 1 is 1.00 bits per heavy atom. The second kappa shape index (κ2) is 5.60. The van der Waals surface area contributed by atoms with E-state index in [1.165, 1.54) is 0 Å². The molecule has 0 spiro atoms. The summed E-state index contributed by atoms with van der Waals surface area (Å²) in [7, 11) is 0. The number of aromatic nitrogens is 3. The van der Waals surface area contributed by atoms with Gasteiger partial charge in [-0.15, -0.1) is 0 Å². The molecule has 0 unspecified atom stereocenters. The van der Waals surface area contributed by atoms with Crippen LogP contribution in [-0.4, -0.2) is 50.2 Å². The zero-order valence-electron chi connectivity index (χ0n) is 8.17. The number of carboxylic acids is 2. The number of halogens is 2. The van der Waals surface area contributed by atoms with Crippen LogP contribution in [0, 0.1) is 0 Å². The molecule has 92 valence electrons. The standard InChI is InChI=1S/C7H6Cl2N4O4/c8-5-10-6(9)12-7(11-5)13(1-3(14)15)2-4(16)17/h1-2H2,(H,14,15)(H,16,17). The van der Waals surface area contributed by atoms with Gasteiger partial charge in [0.1, 0.15) is 13.1 Å². The van der Waals surface area contributed by atoms with Gasteiger partial charge in [0.15, 0.2) is 0 Å². The van der Waals surface area contributed by atoms with Crippen LogP contribution in [0.4, 0.5) is 5.95 Å². The van der Waals surface area contributed by atoms with Gasteiger partial charge < -0.3 is 15.1 Å². The topological polar surface area (TPSA) is 117 Å². The molecule has 1 aromatic heterocycles. The van der Waals surface area contributed by atoms with Gasteiger partial charge in [0, 0.05) is 0 Å². The van der Waals surface area contributed by atoms with Crippen molar-refractivity contribution in [3.8, 4) is 0 Å². The molecule has 0 saturated heterocycles. The summed E-state index contributed by atoms with van der Waals surface area (Å²) in [6, 6.07) is 0. The zero-order valence-corrected chi connectivity index (χ0v) is 9.68. The largest absolute Gasteiger partial charge is 0.480 e. The zero-order chi connectivity index (χ0) is 13.0. The fraction of sp³-hybridized carbons (Fsp3) is 0.286. The fourth-order valence-corrected chi connectivity index (χ4v) is 1.34. The highest BCUT2D eigenvalue weighted by atomic mass is 35.5. The van der Waals surface area contributed by atoms with Crippen LogP contribution in [0.15, 0.2) is 0 Å². The summed E-state index contributed by atoms with van der Waals surface area (Å²) < 4.78 is 0. The summed E-state index contributed by atoms with van der Waals surface area (Å²) in [5, 5.41) is 16.8. The molecular formula is C7H6Cl2N4O4. The van der Waals surface area contributed by atoms with Gasteiger partial charge in [-0.1, -0.05) is 0 Å². The number of carbonyl (C=O) groups is 2. The molecule has 17 heavy (non-hydrogen) atoms. The maximum atomic E-state index is 10.6. The smallest absolute Gasteiger partial charge is 0.323 e. The molecule has 0 fully saturated rings. The molecule has 1 rings (SSSR count). The number of anilines is 1. The number of hydrogen-bond acceptors (Lipinski definition) is 6. The van der Waals surface area contributed by atoms with Crippen LogP contribution in [0.3, 0.4) is 0 Å². The third-order valence-corrected chi connectivity index (χ3v) is 1.84. The molecule has 10 heteroatoms. The first-order chi connectivity index (χ1) is 7.88. The first-order valence-electron chi connectivity index (χ1n) is 4.14. The molecule has 0 radical (unpaired) electrons. The van der Waals surface area contributed by atoms with Crippen molar-refractivity contribution in [2.45, 2.75) is 0 Å². The Kier molecular flexibility index (Phi) is 4.41. The van der Waals surface area contributed by atoms with Gasteiger partial charge in [-0.2, -0.15) is 15.0 Å². The maximum absolute atomic E-state index is 10.6. The number of carboxylic acid groups (broad SMARTS) is 2. The van der Waals surface area contributed by atoms with Crippen molar-refractivity contribution in [1.82, 2.24) is 15.0 Å². The molecule has 0 aliphatic heterocycles. The Balaban J connectivity index is 3.02. The molecule has 1 aromatic rings. The Labute approximate surface area is 105 Å². The van der Waals surface area contributed by atoms with E-state index in [2.05, 4.69) is 15.0 Å². The molecule has 0 aromatic carbocycles. The number of hydrogen-bond donors (Lipinski definition) is 2. The summed E-state index contributed by atoms with van der Waals surface area (Å²) in [6.45, 7) is -1.19. The average Bonchev–Trinajstić information content (AvgIpc) is 2.13. The second-order valence-electron chi connectivity index (χ2n) is 2.82. The quantitative estimate of drug-likeness (QED) is 0.783. The van der Waals surface area contributed by atoms with Gasteiger partial charge in [0.2, 0.25) is 16.5 Å². The van der Waals surface area contributed by atoms with Crippen molar-refractivity contribution in [3.05, 3.63) is 10.6 Å². The molecule has 0 atom stereocenters. The lowest BCUT2D eigenvalue weighted by atomic mass is 10.5. The van der Waals surface area contributed by atoms with Crippen molar-refractivity contribution in [1.29, 1.82) is 0 Å². The fourth-order valence-electron chi connectivity index (χ4n) is 0.981. The SMILES string of the molecule is O=C(O)CN(CC(=O)O)c1nc(Cl)nc(Cl)n1. The van der Waals surface area contributed by atoms with E-state index in [4.69, 9.17) is 33.4 Å². The molecule has 0 aliphatic carbocycles. The molecule has 1 heterocycles. The number of rotatable bonds is 5. The number of nitrogens with zero attached hydrogens (tertiary/aromatic N) is 4. The van der Waals surface area contributed by atoms with Gasteiger partial charge in [-0.25, -0.2) is 0 Å². The Morgan fingerprint density at radius 3 is 1.76 bits per heavy atom. The van der Waals surface area contributed by atoms with Crippen molar-refractivity contribution >= 4 is 41.1 Å². The predicted molar refractivity (Wildman–Crippen MR) is 57.3 cm³/mol. The van der Waals surface area contributed by atoms with E-state index in [1.54, 1.807) is 0 Å². The van der Waals surface area contributed by atoms with Gasteiger partial charge in [0.05, 0.1) is 0 Å². The lowest BCUT2D eigenvalue weighted by Crippen LogP contribution is -2.35. The lowest BCUT2D eigenvalue weighted by Gasteiger charge is -2.17. The van der Waals surface area contributed by atoms with E-state index in [0.29, 0.717) is 0 Å². The third-order valence-electron chi connectivity index (χ3n) is 1.50. The first-order valence-corrected chi connectivity index (χ1v) is 4.89. The van der Waals surface area contributed by atoms with Crippen LogP contribution in [0.2, 0.25) is 10.6 Å². The Bertz CT molecular complexity index is 419. The van der Waals surface area contributed by atoms with E-state index in [0.717, 1.165) is 4.90 Å². The van der Waals surface area contributed by atoms with Crippen LogP contribution >= 0.6 is 23.2 Å². The summed E-state index contributed by atoms with van der Waals surface area (Å²) in [6.07, 6.45) is 0. The molecular weight excluding hydrogens is 275 g/mol. The molecule has 0 amide bonds. The van der Waals surface area contributed by atoms with Crippen LogP contribution < -0.4 is 4.90 Å². The monoisotopic (exact) mass is 280 g/mol. The third kappa shape index (κ3) is 4.37. The van der Waals surface area contributed by atoms with Crippen molar-refractivity contribution < 1.29 is 19.8 Å². The Hall–Kier alpha value is -1.67. The highest BCUT2D eigenvalue weighted by molar-refractivity contribution is 6.31. The van der Waals surface area contributed by atoms with E-state index >= 15 is 0 Å². The van der Waals surface area contributed by atoms with Crippen molar-refractivity contribution in [3.63, 3.8) is 0 Å². The minimum absolute atomic E-state index is 0.209. The van der Waals surface area contributed by atoms with E-state index < -0.39 is 25.0 Å². The van der Waals surface area contributed by atoms with E-state index in [-0.39, 0.29) is 16.5 Å². The van der Waals surface area contributed by atoms with Crippen molar-refractivity contribution in [2.75, 3.05) is 18.0 Å². The van der Waals surface area contributed by atoms with Crippen molar-refractivity contribution in [2.24, 2.45) is 0 Å². The van der Waals surface area contributed by atoms with E-state index in [1.807, 2.05) is 0 Å². The van der Waals surface area contributed by atoms with Gasteiger partial charge in [-0.05, 0) is 23.2 Å². The Morgan fingerprint density at radius 2 is 1.41 bits per heavy atom. The lowest BCUT2D eigenvalue weighted by molar-refractivity contribution is -0.136. The normalized spacial score (nSPS) is 10.0. The minimum Gasteiger partial charge on any atom is -0.480 e. The molecule has 0 aliphatic rings. The summed E-state index contributed by atoms with van der Waals surface area (Å²) in [4.78, 5) is 32.7.